The van der Waals surface area contributed by atoms with E-state index in [-0.39, 0.29) is 0 Å². The SMILES string of the molecule is Cc1ccc(C(C)C)cc1N1CCc2nc(-c3c(C)cccc3Cl)nc(N3CCCC(C)C3)c2C1. The predicted molar refractivity (Wildman–Crippen MR) is 148 cm³/mol. The number of piperidine rings is 1. The van der Waals surface area contributed by atoms with Gasteiger partial charge in [0.05, 0.1) is 10.7 Å². The summed E-state index contributed by atoms with van der Waals surface area (Å²) in [5, 5.41) is 0.724. The Kier molecular flexibility index (Phi) is 6.76. The Morgan fingerprint density at radius 2 is 1.83 bits per heavy atom. The average Bonchev–Trinajstić information content (AvgIpc) is 2.83. The van der Waals surface area contributed by atoms with Gasteiger partial charge in [0, 0.05) is 49.4 Å². The normalized spacial score (nSPS) is 18.2. The van der Waals surface area contributed by atoms with Crippen LogP contribution in [0, 0.1) is 19.8 Å². The summed E-state index contributed by atoms with van der Waals surface area (Å²) in [4.78, 5) is 15.4. The van der Waals surface area contributed by atoms with Gasteiger partial charge in [-0.25, -0.2) is 9.97 Å². The molecule has 4 nitrogen and oxygen atoms in total. The third-order valence-corrected chi connectivity index (χ3v) is 8.00. The average molecular weight is 489 g/mol. The molecule has 1 fully saturated rings. The standard InChI is InChI=1S/C30H37ClN4/c1-19(2)23-12-11-21(4)27(16-23)34-15-13-26-24(18-34)30(35-14-7-8-20(3)17-35)33-29(32-26)28-22(5)9-6-10-25(28)31/h6,9-12,16,19-20H,7-8,13-15,17-18H2,1-5H3. The number of halogens is 1. The van der Waals surface area contributed by atoms with E-state index in [1.165, 1.54) is 40.9 Å². The van der Waals surface area contributed by atoms with Gasteiger partial charge in [0.1, 0.15) is 5.82 Å². The van der Waals surface area contributed by atoms with Crippen LogP contribution in [0.3, 0.4) is 0 Å². The van der Waals surface area contributed by atoms with E-state index < -0.39 is 0 Å². The molecule has 2 aliphatic rings. The predicted octanol–water partition coefficient (Wildman–Crippen LogP) is 7.34. The lowest BCUT2D eigenvalue weighted by Gasteiger charge is -2.37. The molecule has 1 aromatic heterocycles. The summed E-state index contributed by atoms with van der Waals surface area (Å²) in [5.74, 6) is 3.07. The molecule has 1 saturated heterocycles. The molecular weight excluding hydrogens is 452 g/mol. The van der Waals surface area contributed by atoms with Crippen LogP contribution in [0.15, 0.2) is 36.4 Å². The van der Waals surface area contributed by atoms with E-state index in [2.05, 4.69) is 68.7 Å². The molecule has 184 valence electrons. The van der Waals surface area contributed by atoms with Gasteiger partial charge < -0.3 is 9.80 Å². The van der Waals surface area contributed by atoms with Gasteiger partial charge in [-0.05, 0) is 67.3 Å². The Hall–Kier alpha value is -2.59. The lowest BCUT2D eigenvalue weighted by atomic mass is 9.97. The second kappa shape index (κ2) is 9.81. The summed E-state index contributed by atoms with van der Waals surface area (Å²) < 4.78 is 0. The van der Waals surface area contributed by atoms with Crippen molar-refractivity contribution in [1.82, 2.24) is 9.97 Å². The van der Waals surface area contributed by atoms with E-state index in [1.54, 1.807) is 0 Å². The van der Waals surface area contributed by atoms with E-state index in [1.807, 2.05) is 12.1 Å². The van der Waals surface area contributed by atoms with E-state index >= 15 is 0 Å². The van der Waals surface area contributed by atoms with Crippen LogP contribution in [0.2, 0.25) is 5.02 Å². The minimum absolute atomic E-state index is 0.515. The molecule has 0 bridgehead atoms. The van der Waals surface area contributed by atoms with Gasteiger partial charge >= 0.3 is 0 Å². The molecule has 1 atom stereocenters. The molecule has 35 heavy (non-hydrogen) atoms. The van der Waals surface area contributed by atoms with Crippen molar-refractivity contribution in [2.24, 2.45) is 5.92 Å². The smallest absolute Gasteiger partial charge is 0.163 e. The molecule has 0 aliphatic carbocycles. The van der Waals surface area contributed by atoms with Crippen molar-refractivity contribution in [3.8, 4) is 11.4 Å². The Morgan fingerprint density at radius 1 is 1.00 bits per heavy atom. The van der Waals surface area contributed by atoms with Crippen molar-refractivity contribution in [1.29, 1.82) is 0 Å². The largest absolute Gasteiger partial charge is 0.366 e. The van der Waals surface area contributed by atoms with E-state index in [4.69, 9.17) is 21.6 Å². The Balaban J connectivity index is 1.60. The number of fused-ring (bicyclic) bond motifs is 1. The zero-order valence-electron chi connectivity index (χ0n) is 21.7. The van der Waals surface area contributed by atoms with E-state index in [0.29, 0.717) is 11.8 Å². The number of anilines is 2. The molecule has 0 spiro atoms. The van der Waals surface area contributed by atoms with Crippen molar-refractivity contribution >= 4 is 23.1 Å². The van der Waals surface area contributed by atoms with Gasteiger partial charge in [-0.3, -0.25) is 0 Å². The third-order valence-electron chi connectivity index (χ3n) is 7.68. The van der Waals surface area contributed by atoms with Crippen molar-refractivity contribution < 1.29 is 0 Å². The highest BCUT2D eigenvalue weighted by molar-refractivity contribution is 6.33. The van der Waals surface area contributed by atoms with Crippen LogP contribution >= 0.6 is 11.6 Å². The van der Waals surface area contributed by atoms with Crippen LogP contribution in [0.1, 0.15) is 67.5 Å². The van der Waals surface area contributed by atoms with Crippen molar-refractivity contribution in [3.05, 3.63) is 69.4 Å². The maximum absolute atomic E-state index is 6.67. The van der Waals surface area contributed by atoms with Gasteiger partial charge in [-0.1, -0.05) is 56.6 Å². The van der Waals surface area contributed by atoms with Gasteiger partial charge in [-0.2, -0.15) is 0 Å². The lowest BCUT2D eigenvalue weighted by Crippen LogP contribution is -2.38. The first kappa shape index (κ1) is 24.1. The van der Waals surface area contributed by atoms with Crippen LogP contribution in [0.4, 0.5) is 11.5 Å². The third kappa shape index (κ3) is 4.78. The summed E-state index contributed by atoms with van der Waals surface area (Å²) in [6.07, 6.45) is 3.41. The fourth-order valence-electron chi connectivity index (χ4n) is 5.60. The molecule has 0 radical (unpaired) electrons. The fourth-order valence-corrected chi connectivity index (χ4v) is 5.91. The van der Waals surface area contributed by atoms with Crippen molar-refractivity contribution in [2.75, 3.05) is 29.4 Å². The first-order valence-corrected chi connectivity index (χ1v) is 13.4. The van der Waals surface area contributed by atoms with Gasteiger partial charge in [0.2, 0.25) is 0 Å². The van der Waals surface area contributed by atoms with Crippen LogP contribution in [0.25, 0.3) is 11.4 Å². The van der Waals surface area contributed by atoms with Crippen LogP contribution < -0.4 is 9.80 Å². The fraction of sp³-hybridized carbons (Fsp3) is 0.467. The molecule has 3 heterocycles. The summed E-state index contributed by atoms with van der Waals surface area (Å²) in [7, 11) is 0. The highest BCUT2D eigenvalue weighted by atomic mass is 35.5. The quantitative estimate of drug-likeness (QED) is 0.384. The second-order valence-electron chi connectivity index (χ2n) is 10.8. The number of hydrogen-bond acceptors (Lipinski definition) is 4. The molecule has 2 aliphatic heterocycles. The molecular formula is C30H37ClN4. The van der Waals surface area contributed by atoms with Crippen LogP contribution in [-0.2, 0) is 13.0 Å². The number of aromatic nitrogens is 2. The summed E-state index contributed by atoms with van der Waals surface area (Å²) in [5.41, 5.74) is 8.60. The molecule has 5 rings (SSSR count). The Morgan fingerprint density at radius 3 is 2.57 bits per heavy atom. The Bertz CT molecular complexity index is 1220. The molecule has 0 N–H and O–H groups in total. The lowest BCUT2D eigenvalue weighted by molar-refractivity contribution is 0.443. The number of aryl methyl sites for hydroxylation is 2. The summed E-state index contributed by atoms with van der Waals surface area (Å²) >= 11 is 6.67. The second-order valence-corrected chi connectivity index (χ2v) is 11.2. The van der Waals surface area contributed by atoms with Crippen molar-refractivity contribution in [3.63, 3.8) is 0 Å². The van der Waals surface area contributed by atoms with Gasteiger partial charge in [-0.15, -0.1) is 0 Å². The molecule has 2 aromatic carbocycles. The molecule has 0 saturated carbocycles. The van der Waals surface area contributed by atoms with E-state index in [0.717, 1.165) is 60.4 Å². The molecule has 3 aromatic rings. The highest BCUT2D eigenvalue weighted by Crippen LogP contribution is 2.37. The first-order chi connectivity index (χ1) is 16.8. The number of rotatable bonds is 4. The zero-order chi connectivity index (χ0) is 24.7. The topological polar surface area (TPSA) is 32.3 Å². The van der Waals surface area contributed by atoms with E-state index in [9.17, 15) is 0 Å². The van der Waals surface area contributed by atoms with Crippen LogP contribution in [-0.4, -0.2) is 29.6 Å². The maximum Gasteiger partial charge on any atom is 0.163 e. The maximum atomic E-state index is 6.67. The minimum Gasteiger partial charge on any atom is -0.366 e. The molecule has 1 unspecified atom stereocenters. The summed E-state index contributed by atoms with van der Waals surface area (Å²) in [6, 6.07) is 13.0. The van der Waals surface area contributed by atoms with Crippen LogP contribution in [0.5, 0.6) is 0 Å². The minimum atomic E-state index is 0.515. The number of nitrogens with zero attached hydrogens (tertiary/aromatic N) is 4. The number of benzene rings is 2. The summed E-state index contributed by atoms with van der Waals surface area (Å²) in [6.45, 7) is 15.1. The van der Waals surface area contributed by atoms with Crippen molar-refractivity contribution in [2.45, 2.75) is 66.3 Å². The Labute approximate surface area is 215 Å². The van der Waals surface area contributed by atoms with Gasteiger partial charge in [0.25, 0.3) is 0 Å². The van der Waals surface area contributed by atoms with Gasteiger partial charge in [0.15, 0.2) is 5.82 Å². The molecule has 0 amide bonds. The highest BCUT2D eigenvalue weighted by Gasteiger charge is 2.29. The number of hydrogen-bond donors (Lipinski definition) is 0. The zero-order valence-corrected chi connectivity index (χ0v) is 22.5. The monoisotopic (exact) mass is 488 g/mol. The first-order valence-electron chi connectivity index (χ1n) is 13.1. The molecule has 5 heteroatoms.